The molecule has 0 radical (unpaired) electrons. The molecule has 3 fully saturated rings. The van der Waals surface area contributed by atoms with E-state index >= 15 is 0 Å². The molecule has 0 aromatic rings. The van der Waals surface area contributed by atoms with Crippen molar-refractivity contribution in [1.82, 2.24) is 0 Å². The van der Waals surface area contributed by atoms with Crippen LogP contribution in [0.1, 0.15) is 19.3 Å². The fourth-order valence-electron chi connectivity index (χ4n) is 2.38. The van der Waals surface area contributed by atoms with E-state index in [-0.39, 0.29) is 0 Å². The molecule has 0 aromatic carbocycles. The standard InChI is InChI=1S/C8H10O/c9-8-6-2-4(6)1-5-3-7(5)8/h4-7H,1-3H2/t4-,5-,6+,7+/m0/s1. The van der Waals surface area contributed by atoms with Crippen LogP contribution in [0.3, 0.4) is 0 Å². The Morgan fingerprint density at radius 1 is 1.00 bits per heavy atom. The van der Waals surface area contributed by atoms with E-state index in [0.29, 0.717) is 17.6 Å². The van der Waals surface area contributed by atoms with Gasteiger partial charge in [0.1, 0.15) is 5.78 Å². The number of hydrogen-bond donors (Lipinski definition) is 0. The molecule has 0 aliphatic heterocycles. The first-order valence-corrected chi connectivity index (χ1v) is 3.90. The average Bonchev–Trinajstić information content (AvgIpc) is 2.57. The Kier molecular flexibility index (Phi) is 0.544. The number of ketones is 1. The van der Waals surface area contributed by atoms with Crippen molar-refractivity contribution in [3.8, 4) is 0 Å². The van der Waals surface area contributed by atoms with Gasteiger partial charge in [-0.05, 0) is 31.1 Å². The predicted octanol–water partition coefficient (Wildman–Crippen LogP) is 1.23. The van der Waals surface area contributed by atoms with Gasteiger partial charge in [0.05, 0.1) is 0 Å². The number of rotatable bonds is 0. The molecule has 1 heteroatoms. The lowest BCUT2D eigenvalue weighted by atomic mass is 10.00. The molecule has 1 nitrogen and oxygen atoms in total. The first kappa shape index (κ1) is 4.48. The van der Waals surface area contributed by atoms with Gasteiger partial charge in [-0.2, -0.15) is 0 Å². The number of carbonyl (C=O) groups excluding carboxylic acids is 1. The summed E-state index contributed by atoms with van der Waals surface area (Å²) in [5.74, 6) is 3.42. The summed E-state index contributed by atoms with van der Waals surface area (Å²) in [4.78, 5) is 11.2. The van der Waals surface area contributed by atoms with E-state index < -0.39 is 0 Å². The van der Waals surface area contributed by atoms with Crippen molar-refractivity contribution in [3.05, 3.63) is 0 Å². The van der Waals surface area contributed by atoms with Gasteiger partial charge in [0.2, 0.25) is 0 Å². The summed E-state index contributed by atoms with van der Waals surface area (Å²) in [6.07, 6.45) is 3.87. The molecule has 3 aliphatic rings. The van der Waals surface area contributed by atoms with Crippen LogP contribution in [-0.4, -0.2) is 5.78 Å². The number of Topliss-reactive ketones (excluding diaryl/α,β-unsaturated/α-hetero) is 1. The molecule has 0 saturated heterocycles. The highest BCUT2D eigenvalue weighted by molar-refractivity contribution is 5.89. The topological polar surface area (TPSA) is 17.1 Å². The minimum Gasteiger partial charge on any atom is -0.299 e. The monoisotopic (exact) mass is 122 g/mol. The van der Waals surface area contributed by atoms with Crippen LogP contribution in [0.15, 0.2) is 0 Å². The van der Waals surface area contributed by atoms with Crippen LogP contribution in [0.5, 0.6) is 0 Å². The van der Waals surface area contributed by atoms with Crippen molar-refractivity contribution >= 4 is 5.78 Å². The summed E-state index contributed by atoms with van der Waals surface area (Å²) in [5.41, 5.74) is 0. The largest absolute Gasteiger partial charge is 0.299 e. The zero-order valence-electron chi connectivity index (χ0n) is 5.34. The van der Waals surface area contributed by atoms with E-state index in [9.17, 15) is 4.79 Å². The molecule has 4 atom stereocenters. The van der Waals surface area contributed by atoms with Crippen molar-refractivity contribution < 1.29 is 4.79 Å². The lowest BCUT2D eigenvalue weighted by Gasteiger charge is -2.04. The molecular formula is C8H10O. The maximum absolute atomic E-state index is 11.2. The molecule has 0 N–H and O–H groups in total. The summed E-state index contributed by atoms with van der Waals surface area (Å²) < 4.78 is 0. The minimum atomic E-state index is 0.550. The van der Waals surface area contributed by atoms with Crippen LogP contribution in [0.2, 0.25) is 0 Å². The van der Waals surface area contributed by atoms with Crippen molar-refractivity contribution in [1.29, 1.82) is 0 Å². The van der Waals surface area contributed by atoms with E-state index in [1.165, 1.54) is 19.3 Å². The summed E-state index contributed by atoms with van der Waals surface area (Å²) in [6.45, 7) is 0. The van der Waals surface area contributed by atoms with Crippen LogP contribution in [-0.2, 0) is 4.79 Å². The molecule has 0 amide bonds. The Morgan fingerprint density at radius 2 is 1.56 bits per heavy atom. The van der Waals surface area contributed by atoms with Gasteiger partial charge < -0.3 is 0 Å². The summed E-state index contributed by atoms with van der Waals surface area (Å²) in [6, 6.07) is 0. The first-order valence-electron chi connectivity index (χ1n) is 3.90. The van der Waals surface area contributed by atoms with E-state index in [1.807, 2.05) is 0 Å². The van der Waals surface area contributed by atoms with Gasteiger partial charge in [-0.3, -0.25) is 4.79 Å². The van der Waals surface area contributed by atoms with Gasteiger partial charge in [-0.1, -0.05) is 0 Å². The molecule has 9 heavy (non-hydrogen) atoms. The van der Waals surface area contributed by atoms with Crippen LogP contribution in [0, 0.1) is 23.7 Å². The van der Waals surface area contributed by atoms with Crippen molar-refractivity contribution in [2.24, 2.45) is 23.7 Å². The molecular weight excluding hydrogens is 112 g/mol. The highest BCUT2D eigenvalue weighted by Gasteiger charge is 2.59. The second-order valence-corrected chi connectivity index (χ2v) is 3.84. The molecule has 48 valence electrons. The first-order chi connectivity index (χ1) is 4.36. The van der Waals surface area contributed by atoms with Crippen LogP contribution in [0.4, 0.5) is 0 Å². The summed E-state index contributed by atoms with van der Waals surface area (Å²) >= 11 is 0. The zero-order valence-corrected chi connectivity index (χ0v) is 5.34. The highest BCUT2D eigenvalue weighted by atomic mass is 16.1. The Labute approximate surface area is 54.4 Å². The maximum Gasteiger partial charge on any atom is 0.139 e. The fraction of sp³-hybridized carbons (Fsp3) is 0.875. The van der Waals surface area contributed by atoms with E-state index in [1.54, 1.807) is 0 Å². The zero-order chi connectivity index (χ0) is 6.01. The van der Waals surface area contributed by atoms with Gasteiger partial charge in [-0.25, -0.2) is 0 Å². The van der Waals surface area contributed by atoms with Crippen molar-refractivity contribution in [2.75, 3.05) is 0 Å². The number of carbonyl (C=O) groups is 1. The molecule has 0 spiro atoms. The van der Waals surface area contributed by atoms with Crippen molar-refractivity contribution in [2.45, 2.75) is 19.3 Å². The smallest absolute Gasteiger partial charge is 0.139 e. The lowest BCUT2D eigenvalue weighted by Crippen LogP contribution is -2.11. The Balaban J connectivity index is 1.95. The van der Waals surface area contributed by atoms with E-state index in [2.05, 4.69) is 0 Å². The molecule has 3 aliphatic carbocycles. The van der Waals surface area contributed by atoms with E-state index in [0.717, 1.165) is 11.8 Å². The quantitative estimate of drug-likeness (QED) is 0.472. The molecule has 0 aromatic heterocycles. The molecule has 0 bridgehead atoms. The second kappa shape index (κ2) is 1.09. The lowest BCUT2D eigenvalue weighted by molar-refractivity contribution is -0.122. The summed E-state index contributed by atoms with van der Waals surface area (Å²) in [5, 5.41) is 0. The third kappa shape index (κ3) is 0.440. The molecule has 3 rings (SSSR count). The second-order valence-electron chi connectivity index (χ2n) is 3.84. The average molecular weight is 122 g/mol. The fourth-order valence-corrected chi connectivity index (χ4v) is 2.38. The van der Waals surface area contributed by atoms with Crippen LogP contribution < -0.4 is 0 Å². The van der Waals surface area contributed by atoms with Crippen molar-refractivity contribution in [3.63, 3.8) is 0 Å². The summed E-state index contributed by atoms with van der Waals surface area (Å²) in [7, 11) is 0. The number of hydrogen-bond acceptors (Lipinski definition) is 1. The molecule has 3 saturated carbocycles. The Hall–Kier alpha value is -0.330. The molecule has 0 unspecified atom stereocenters. The van der Waals surface area contributed by atoms with Crippen LogP contribution >= 0.6 is 0 Å². The maximum atomic E-state index is 11.2. The third-order valence-corrected chi connectivity index (χ3v) is 3.18. The van der Waals surface area contributed by atoms with Gasteiger partial charge in [0.15, 0.2) is 0 Å². The van der Waals surface area contributed by atoms with Gasteiger partial charge in [-0.15, -0.1) is 0 Å². The Morgan fingerprint density at radius 3 is 2.11 bits per heavy atom. The Bertz CT molecular complexity index is 167. The minimum absolute atomic E-state index is 0.550. The van der Waals surface area contributed by atoms with Gasteiger partial charge in [0, 0.05) is 11.8 Å². The SMILES string of the molecule is O=C1[C@@H]2C[C@@H]2C[C@H]2C[C@@H]12. The molecule has 0 heterocycles. The highest BCUT2D eigenvalue weighted by Crippen LogP contribution is 2.60. The predicted molar refractivity (Wildman–Crippen MR) is 32.8 cm³/mol. The van der Waals surface area contributed by atoms with Gasteiger partial charge >= 0.3 is 0 Å². The van der Waals surface area contributed by atoms with Gasteiger partial charge in [0.25, 0.3) is 0 Å². The third-order valence-electron chi connectivity index (χ3n) is 3.18. The van der Waals surface area contributed by atoms with Crippen LogP contribution in [0.25, 0.3) is 0 Å². The normalized spacial score (nSPS) is 60.2. The van der Waals surface area contributed by atoms with E-state index in [4.69, 9.17) is 0 Å². The number of fused-ring (bicyclic) bond motifs is 2.